The van der Waals surface area contributed by atoms with Gasteiger partial charge in [-0.25, -0.2) is 0 Å². The van der Waals surface area contributed by atoms with Gasteiger partial charge in [0.15, 0.2) is 5.82 Å². The number of anilines is 1. The van der Waals surface area contributed by atoms with Gasteiger partial charge in [-0.1, -0.05) is 0 Å². The molecule has 2 bridgehead atoms. The molecule has 3 aliphatic rings. The second-order valence-corrected chi connectivity index (χ2v) is 5.91. The van der Waals surface area contributed by atoms with Crippen molar-refractivity contribution in [2.75, 3.05) is 18.0 Å². The number of H-pyrrole nitrogens is 1. The molecule has 4 rings (SSSR count). The molecule has 1 aromatic rings. The van der Waals surface area contributed by atoms with Gasteiger partial charge >= 0.3 is 0 Å². The van der Waals surface area contributed by atoms with E-state index >= 15 is 0 Å². The maximum atomic E-state index is 5.97. The number of aromatic nitrogens is 2. The van der Waals surface area contributed by atoms with Crippen LogP contribution in [0.3, 0.4) is 0 Å². The standard InChI is InChI=1S/C13H20N4/c14-10-3-5-17(6-4-10)13-11-8-1-2-9(7-8)12(11)15-16-13/h8-10H,1-7,14H2,(H,15,16). The molecule has 0 radical (unpaired) electrons. The van der Waals surface area contributed by atoms with E-state index in [2.05, 4.69) is 15.1 Å². The van der Waals surface area contributed by atoms with Crippen LogP contribution in [0.2, 0.25) is 0 Å². The molecule has 1 saturated heterocycles. The van der Waals surface area contributed by atoms with Gasteiger partial charge in [-0.2, -0.15) is 5.10 Å². The Kier molecular flexibility index (Phi) is 2.04. The fourth-order valence-corrected chi connectivity index (χ4v) is 3.93. The zero-order valence-electron chi connectivity index (χ0n) is 10.2. The van der Waals surface area contributed by atoms with E-state index < -0.39 is 0 Å². The third-order valence-electron chi connectivity index (χ3n) is 4.90. The van der Waals surface area contributed by atoms with Crippen LogP contribution in [0.25, 0.3) is 0 Å². The van der Waals surface area contributed by atoms with Gasteiger partial charge in [-0.15, -0.1) is 0 Å². The third-order valence-corrected chi connectivity index (χ3v) is 4.90. The Labute approximate surface area is 102 Å². The number of aromatic amines is 1. The minimum absolute atomic E-state index is 0.398. The molecule has 92 valence electrons. The Bertz CT molecular complexity index is 431. The van der Waals surface area contributed by atoms with Gasteiger partial charge < -0.3 is 10.6 Å². The first-order chi connectivity index (χ1) is 8.33. The summed E-state index contributed by atoms with van der Waals surface area (Å²) in [5.41, 5.74) is 8.97. The molecule has 2 aliphatic carbocycles. The van der Waals surface area contributed by atoms with Gasteiger partial charge in [0.25, 0.3) is 0 Å². The molecule has 4 heteroatoms. The molecule has 1 saturated carbocycles. The number of rotatable bonds is 1. The fourth-order valence-electron chi connectivity index (χ4n) is 3.93. The van der Waals surface area contributed by atoms with Crippen molar-refractivity contribution in [3.8, 4) is 0 Å². The van der Waals surface area contributed by atoms with Crippen molar-refractivity contribution in [3.05, 3.63) is 11.3 Å². The Morgan fingerprint density at radius 2 is 1.88 bits per heavy atom. The number of fused-ring (bicyclic) bond motifs is 5. The van der Waals surface area contributed by atoms with E-state index in [9.17, 15) is 0 Å². The molecule has 0 aromatic carbocycles. The zero-order chi connectivity index (χ0) is 11.4. The normalized spacial score (nSPS) is 32.2. The summed E-state index contributed by atoms with van der Waals surface area (Å²) in [4.78, 5) is 2.44. The highest BCUT2D eigenvalue weighted by Gasteiger charge is 2.41. The molecule has 4 nitrogen and oxygen atoms in total. The van der Waals surface area contributed by atoms with Crippen LogP contribution in [0.1, 0.15) is 55.2 Å². The minimum Gasteiger partial charge on any atom is -0.355 e. The highest BCUT2D eigenvalue weighted by molar-refractivity contribution is 5.56. The van der Waals surface area contributed by atoms with Gasteiger partial charge in [-0.05, 0) is 38.0 Å². The molecule has 3 N–H and O–H groups in total. The van der Waals surface area contributed by atoms with Crippen molar-refractivity contribution in [1.29, 1.82) is 0 Å². The molecule has 17 heavy (non-hydrogen) atoms. The van der Waals surface area contributed by atoms with Crippen molar-refractivity contribution in [2.24, 2.45) is 5.73 Å². The lowest BCUT2D eigenvalue weighted by molar-refractivity contribution is 0.497. The van der Waals surface area contributed by atoms with Crippen molar-refractivity contribution >= 4 is 5.82 Å². The van der Waals surface area contributed by atoms with E-state index in [1.807, 2.05) is 0 Å². The monoisotopic (exact) mass is 232 g/mol. The Hall–Kier alpha value is -1.03. The number of nitrogens with two attached hydrogens (primary N) is 1. The largest absolute Gasteiger partial charge is 0.355 e. The van der Waals surface area contributed by atoms with E-state index in [0.717, 1.165) is 37.8 Å². The smallest absolute Gasteiger partial charge is 0.154 e. The van der Waals surface area contributed by atoms with E-state index in [1.165, 1.54) is 30.8 Å². The molecular formula is C13H20N4. The lowest BCUT2D eigenvalue weighted by Crippen LogP contribution is -2.40. The Morgan fingerprint density at radius 1 is 1.12 bits per heavy atom. The maximum absolute atomic E-state index is 5.97. The summed E-state index contributed by atoms with van der Waals surface area (Å²) in [6.45, 7) is 2.16. The van der Waals surface area contributed by atoms with Crippen LogP contribution in [0.15, 0.2) is 0 Å². The van der Waals surface area contributed by atoms with Crippen LogP contribution in [-0.2, 0) is 0 Å². The lowest BCUT2D eigenvalue weighted by atomic mass is 9.96. The van der Waals surface area contributed by atoms with Gasteiger partial charge in [-0.3, -0.25) is 5.10 Å². The van der Waals surface area contributed by atoms with E-state index in [0.29, 0.717) is 6.04 Å². The molecule has 0 amide bonds. The zero-order valence-corrected chi connectivity index (χ0v) is 10.2. The summed E-state index contributed by atoms with van der Waals surface area (Å²) < 4.78 is 0. The van der Waals surface area contributed by atoms with Crippen LogP contribution in [-0.4, -0.2) is 29.3 Å². The number of hydrogen-bond donors (Lipinski definition) is 2. The number of nitrogens with zero attached hydrogens (tertiary/aromatic N) is 2. The molecule has 1 aromatic heterocycles. The third kappa shape index (κ3) is 1.36. The van der Waals surface area contributed by atoms with Crippen molar-refractivity contribution < 1.29 is 0 Å². The maximum Gasteiger partial charge on any atom is 0.154 e. The molecule has 0 spiro atoms. The first kappa shape index (κ1) is 9.95. The summed E-state index contributed by atoms with van der Waals surface area (Å²) in [5.74, 6) is 2.82. The van der Waals surface area contributed by atoms with E-state index in [4.69, 9.17) is 5.73 Å². The summed E-state index contributed by atoms with van der Waals surface area (Å²) >= 11 is 0. The van der Waals surface area contributed by atoms with Crippen LogP contribution >= 0.6 is 0 Å². The van der Waals surface area contributed by atoms with Gasteiger partial charge in [0.1, 0.15) is 0 Å². The predicted molar refractivity (Wildman–Crippen MR) is 67.3 cm³/mol. The van der Waals surface area contributed by atoms with E-state index in [1.54, 1.807) is 5.56 Å². The number of nitrogens with one attached hydrogen (secondary N) is 1. The minimum atomic E-state index is 0.398. The fraction of sp³-hybridized carbons (Fsp3) is 0.769. The Morgan fingerprint density at radius 3 is 2.71 bits per heavy atom. The summed E-state index contributed by atoms with van der Waals surface area (Å²) in [6.07, 6.45) is 6.32. The summed E-state index contributed by atoms with van der Waals surface area (Å²) in [7, 11) is 0. The van der Waals surface area contributed by atoms with Gasteiger partial charge in [0, 0.05) is 36.3 Å². The molecule has 2 unspecified atom stereocenters. The molecule has 2 heterocycles. The highest BCUT2D eigenvalue weighted by atomic mass is 15.3. The van der Waals surface area contributed by atoms with Crippen LogP contribution in [0.4, 0.5) is 5.82 Å². The molecular weight excluding hydrogens is 212 g/mol. The first-order valence-corrected chi connectivity index (χ1v) is 6.91. The first-order valence-electron chi connectivity index (χ1n) is 6.91. The van der Waals surface area contributed by atoms with Crippen LogP contribution < -0.4 is 10.6 Å². The number of piperidine rings is 1. The highest BCUT2D eigenvalue weighted by Crippen LogP contribution is 2.55. The average Bonchev–Trinajstić information content (AvgIpc) is 3.02. The van der Waals surface area contributed by atoms with Crippen molar-refractivity contribution in [1.82, 2.24) is 10.2 Å². The summed E-state index contributed by atoms with van der Waals surface area (Å²) in [5, 5.41) is 7.89. The Balaban J connectivity index is 1.65. The quantitative estimate of drug-likeness (QED) is 0.775. The van der Waals surface area contributed by atoms with E-state index in [-0.39, 0.29) is 0 Å². The molecule has 1 aliphatic heterocycles. The van der Waals surface area contributed by atoms with Crippen molar-refractivity contribution in [2.45, 2.75) is 50.0 Å². The van der Waals surface area contributed by atoms with Crippen molar-refractivity contribution in [3.63, 3.8) is 0 Å². The second-order valence-electron chi connectivity index (χ2n) is 5.91. The average molecular weight is 232 g/mol. The summed E-state index contributed by atoms with van der Waals surface area (Å²) in [6, 6.07) is 0.398. The van der Waals surface area contributed by atoms with Crippen LogP contribution in [0, 0.1) is 0 Å². The SMILES string of the molecule is NC1CCN(c2n[nH]c3c2C2CCC3C2)CC1. The topological polar surface area (TPSA) is 57.9 Å². The van der Waals surface area contributed by atoms with Gasteiger partial charge in [0.05, 0.1) is 0 Å². The van der Waals surface area contributed by atoms with Crippen LogP contribution in [0.5, 0.6) is 0 Å². The van der Waals surface area contributed by atoms with Gasteiger partial charge in [0.2, 0.25) is 0 Å². The number of hydrogen-bond acceptors (Lipinski definition) is 3. The molecule has 2 fully saturated rings. The predicted octanol–water partition coefficient (Wildman–Crippen LogP) is 1.70. The molecule has 2 atom stereocenters. The lowest BCUT2D eigenvalue weighted by Gasteiger charge is -2.31. The second kappa shape index (κ2) is 3.48.